The highest BCUT2D eigenvalue weighted by Crippen LogP contribution is 2.34. The highest BCUT2D eigenvalue weighted by molar-refractivity contribution is 5.35. The van der Waals surface area contributed by atoms with Crippen LogP contribution < -0.4 is 5.32 Å². The van der Waals surface area contributed by atoms with Crippen molar-refractivity contribution in [2.24, 2.45) is 0 Å². The first-order valence-corrected chi connectivity index (χ1v) is 8.32. The number of hydrogen-bond donors (Lipinski definition) is 1. The van der Waals surface area contributed by atoms with Crippen molar-refractivity contribution in [3.63, 3.8) is 0 Å². The van der Waals surface area contributed by atoms with Gasteiger partial charge < -0.3 is 5.32 Å². The van der Waals surface area contributed by atoms with Crippen LogP contribution in [0, 0.1) is 5.82 Å². The molecule has 1 saturated heterocycles. The van der Waals surface area contributed by atoms with Gasteiger partial charge in [0.1, 0.15) is 5.82 Å². The zero-order chi connectivity index (χ0) is 17.9. The third kappa shape index (κ3) is 4.38. The van der Waals surface area contributed by atoms with Crippen molar-refractivity contribution in [3.05, 3.63) is 71.0 Å². The van der Waals surface area contributed by atoms with Crippen LogP contribution in [0.15, 0.2) is 48.5 Å². The molecule has 6 heteroatoms. The van der Waals surface area contributed by atoms with Crippen molar-refractivity contribution in [2.45, 2.75) is 18.6 Å². The third-order valence-electron chi connectivity index (χ3n) is 4.43. The van der Waals surface area contributed by atoms with Crippen molar-refractivity contribution in [1.29, 1.82) is 0 Å². The number of halogens is 4. The topological polar surface area (TPSA) is 15.3 Å². The Morgan fingerprint density at radius 1 is 0.920 bits per heavy atom. The first-order valence-electron chi connectivity index (χ1n) is 8.32. The molecular formula is C19H20F4N2. The molecule has 1 aliphatic rings. The van der Waals surface area contributed by atoms with Crippen LogP contribution in [-0.4, -0.2) is 31.1 Å². The number of hydrogen-bond acceptors (Lipinski definition) is 2. The van der Waals surface area contributed by atoms with Crippen LogP contribution in [0.2, 0.25) is 0 Å². The van der Waals surface area contributed by atoms with Gasteiger partial charge in [-0.15, -0.1) is 0 Å². The summed E-state index contributed by atoms with van der Waals surface area (Å²) in [6.45, 7) is 3.06. The lowest BCUT2D eigenvalue weighted by Crippen LogP contribution is -2.33. The lowest BCUT2D eigenvalue weighted by molar-refractivity contribution is -0.137. The summed E-state index contributed by atoms with van der Waals surface area (Å²) in [5.74, 6) is -0.387. The molecule has 2 aromatic carbocycles. The van der Waals surface area contributed by atoms with E-state index in [1.165, 1.54) is 24.3 Å². The maximum atomic E-state index is 13.7. The van der Waals surface area contributed by atoms with Gasteiger partial charge in [-0.2, -0.15) is 13.2 Å². The third-order valence-corrected chi connectivity index (χ3v) is 4.43. The first kappa shape index (κ1) is 17.9. The van der Waals surface area contributed by atoms with E-state index in [2.05, 4.69) is 10.2 Å². The molecule has 1 fully saturated rings. The summed E-state index contributed by atoms with van der Waals surface area (Å²) in [5.41, 5.74) is 0.517. The van der Waals surface area contributed by atoms with Crippen molar-refractivity contribution in [1.82, 2.24) is 10.2 Å². The molecule has 1 atom stereocenters. The summed E-state index contributed by atoms with van der Waals surface area (Å²) in [4.78, 5) is 2.12. The van der Waals surface area contributed by atoms with Gasteiger partial charge in [0.2, 0.25) is 0 Å². The standard InChI is InChI=1S/C19H20F4N2/c20-17-7-2-5-15(13-17)18(25-10-3-8-24-9-11-25)14-4-1-6-16(12-14)19(21,22)23/h1-2,4-7,12-13,18,24H,3,8-11H2. The molecule has 0 aliphatic carbocycles. The van der Waals surface area contributed by atoms with Gasteiger partial charge in [-0.3, -0.25) is 4.90 Å². The van der Waals surface area contributed by atoms with Crippen molar-refractivity contribution in [2.75, 3.05) is 26.2 Å². The van der Waals surface area contributed by atoms with E-state index >= 15 is 0 Å². The largest absolute Gasteiger partial charge is 0.416 e. The van der Waals surface area contributed by atoms with Gasteiger partial charge in [0.25, 0.3) is 0 Å². The fraction of sp³-hybridized carbons (Fsp3) is 0.368. The van der Waals surface area contributed by atoms with E-state index in [1.807, 2.05) is 0 Å². The number of alkyl halides is 3. The minimum atomic E-state index is -4.40. The fourth-order valence-electron chi connectivity index (χ4n) is 3.30. The summed E-state index contributed by atoms with van der Waals surface area (Å²) >= 11 is 0. The Kier molecular flexibility index (Phi) is 5.39. The van der Waals surface area contributed by atoms with Crippen LogP contribution in [0.25, 0.3) is 0 Å². The van der Waals surface area contributed by atoms with Crippen LogP contribution >= 0.6 is 0 Å². The molecule has 134 valence electrons. The zero-order valence-electron chi connectivity index (χ0n) is 13.7. The van der Waals surface area contributed by atoms with Crippen molar-refractivity contribution >= 4 is 0 Å². The SMILES string of the molecule is Fc1cccc(C(c2cccc(C(F)(F)F)c2)N2CCCNCC2)c1. The maximum absolute atomic E-state index is 13.7. The maximum Gasteiger partial charge on any atom is 0.416 e. The Labute approximate surface area is 144 Å². The Morgan fingerprint density at radius 2 is 1.64 bits per heavy atom. The molecule has 1 unspecified atom stereocenters. The predicted octanol–water partition coefficient (Wildman–Crippen LogP) is 4.23. The smallest absolute Gasteiger partial charge is 0.315 e. The second-order valence-corrected chi connectivity index (χ2v) is 6.22. The van der Waals surface area contributed by atoms with Gasteiger partial charge in [-0.25, -0.2) is 4.39 Å². The average molecular weight is 352 g/mol. The molecule has 0 aromatic heterocycles. The van der Waals surface area contributed by atoms with E-state index in [4.69, 9.17) is 0 Å². The molecular weight excluding hydrogens is 332 g/mol. The number of benzene rings is 2. The van der Waals surface area contributed by atoms with Gasteiger partial charge >= 0.3 is 6.18 Å². The molecule has 0 radical (unpaired) electrons. The zero-order valence-corrected chi connectivity index (χ0v) is 13.7. The van der Waals surface area contributed by atoms with Gasteiger partial charge in [0.05, 0.1) is 11.6 Å². The van der Waals surface area contributed by atoms with Gasteiger partial charge in [-0.1, -0.05) is 24.3 Å². The molecule has 3 rings (SSSR count). The number of rotatable bonds is 3. The molecule has 0 spiro atoms. The summed E-state index contributed by atoms with van der Waals surface area (Å²) in [6, 6.07) is 11.1. The van der Waals surface area contributed by atoms with E-state index in [1.54, 1.807) is 18.2 Å². The second kappa shape index (κ2) is 7.54. The lowest BCUT2D eigenvalue weighted by Gasteiger charge is -2.31. The molecule has 2 aromatic rings. The van der Waals surface area contributed by atoms with E-state index in [0.717, 1.165) is 32.1 Å². The van der Waals surface area contributed by atoms with Crippen LogP contribution in [0.5, 0.6) is 0 Å². The van der Waals surface area contributed by atoms with Crippen LogP contribution in [0.4, 0.5) is 17.6 Å². The molecule has 1 aliphatic heterocycles. The number of nitrogens with zero attached hydrogens (tertiary/aromatic N) is 1. The molecule has 1 N–H and O–H groups in total. The van der Waals surface area contributed by atoms with E-state index in [9.17, 15) is 17.6 Å². The Bertz CT molecular complexity index is 707. The summed E-state index contributed by atoms with van der Waals surface area (Å²) in [6.07, 6.45) is -3.51. The monoisotopic (exact) mass is 352 g/mol. The van der Waals surface area contributed by atoms with Crippen LogP contribution in [0.3, 0.4) is 0 Å². The van der Waals surface area contributed by atoms with Crippen LogP contribution in [0.1, 0.15) is 29.2 Å². The summed E-state index contributed by atoms with van der Waals surface area (Å²) in [7, 11) is 0. The summed E-state index contributed by atoms with van der Waals surface area (Å²) < 4.78 is 53.1. The Morgan fingerprint density at radius 3 is 2.36 bits per heavy atom. The molecule has 0 amide bonds. The Hall–Kier alpha value is -1.92. The molecule has 0 saturated carbocycles. The van der Waals surface area contributed by atoms with Crippen molar-refractivity contribution in [3.8, 4) is 0 Å². The normalized spacial score (nSPS) is 17.9. The van der Waals surface area contributed by atoms with Gasteiger partial charge in [0.15, 0.2) is 0 Å². The van der Waals surface area contributed by atoms with Crippen LogP contribution in [-0.2, 0) is 6.18 Å². The molecule has 1 heterocycles. The molecule has 0 bridgehead atoms. The number of nitrogens with one attached hydrogen (secondary N) is 1. The van der Waals surface area contributed by atoms with E-state index in [-0.39, 0.29) is 5.82 Å². The minimum Gasteiger partial charge on any atom is -0.315 e. The lowest BCUT2D eigenvalue weighted by atomic mass is 9.95. The second-order valence-electron chi connectivity index (χ2n) is 6.22. The summed E-state index contributed by atoms with van der Waals surface area (Å²) in [5, 5.41) is 3.29. The highest BCUT2D eigenvalue weighted by Gasteiger charge is 2.32. The Balaban J connectivity index is 2.04. The molecule has 25 heavy (non-hydrogen) atoms. The first-order chi connectivity index (χ1) is 11.9. The van der Waals surface area contributed by atoms with Gasteiger partial charge in [0, 0.05) is 19.6 Å². The minimum absolute atomic E-state index is 0.387. The average Bonchev–Trinajstić information content (AvgIpc) is 2.84. The highest BCUT2D eigenvalue weighted by atomic mass is 19.4. The molecule has 2 nitrogen and oxygen atoms in total. The van der Waals surface area contributed by atoms with E-state index in [0.29, 0.717) is 17.7 Å². The predicted molar refractivity (Wildman–Crippen MR) is 88.7 cm³/mol. The fourth-order valence-corrected chi connectivity index (χ4v) is 3.30. The quantitative estimate of drug-likeness (QED) is 0.832. The van der Waals surface area contributed by atoms with Crippen molar-refractivity contribution < 1.29 is 17.6 Å². The van der Waals surface area contributed by atoms with E-state index < -0.39 is 17.8 Å². The van der Waals surface area contributed by atoms with Gasteiger partial charge in [-0.05, 0) is 48.4 Å².